The van der Waals surface area contributed by atoms with E-state index in [1.54, 1.807) is 0 Å². The second-order valence-corrected chi connectivity index (χ2v) is 80.4. The summed E-state index contributed by atoms with van der Waals surface area (Å²) in [4.78, 5) is 10.6. The molecule has 1 unspecified atom stereocenters. The van der Waals surface area contributed by atoms with Crippen molar-refractivity contribution in [1.82, 2.24) is 0 Å². The minimum atomic E-state index is -2.39. The molecule has 8 heterocycles. The number of rotatable bonds is 38. The summed E-state index contributed by atoms with van der Waals surface area (Å²) in [6.07, 6.45) is 26.2. The molecule has 0 bridgehead atoms. The normalized spacial score (nSPS) is 30.4. The first kappa shape index (κ1) is 140. The number of carbonyl (C=O) groups excluding carboxylic acids is 1. The second-order valence-electron chi connectivity index (χ2n) is 49.6. The number of carbonyl (C=O) groups is 1. The Hall–Kier alpha value is 3.80. The van der Waals surface area contributed by atoms with E-state index >= 15 is 0 Å². The van der Waals surface area contributed by atoms with E-state index in [0.29, 0.717) is 30.8 Å². The number of halogens is 5. The molecule has 8 aliphatic heterocycles. The Labute approximate surface area is 932 Å². The molecule has 8 rings (SSSR count). The van der Waals surface area contributed by atoms with Crippen LogP contribution in [0, 0.1) is 18.8 Å². The fourth-order valence-electron chi connectivity index (χ4n) is 17.3. The second kappa shape index (κ2) is 60.5. The zero-order valence-corrected chi connectivity index (χ0v) is 111. The molecule has 0 aromatic carbocycles. The van der Waals surface area contributed by atoms with Gasteiger partial charge >= 0.3 is 41.9 Å². The molecule has 30 heteroatoms. The van der Waals surface area contributed by atoms with Gasteiger partial charge in [0, 0.05) is 41.3 Å². The van der Waals surface area contributed by atoms with Gasteiger partial charge in [0.1, 0.15) is 66.3 Å². The Morgan fingerprint density at radius 3 is 1.05 bits per heavy atom. The first-order valence-corrected chi connectivity index (χ1v) is 73.5. The van der Waals surface area contributed by atoms with E-state index in [2.05, 4.69) is 356 Å². The molecular weight excluding hydrogens is 2290 g/mol. The molecule has 1 N–H and O–H groups in total. The number of fused-ring (bicyclic) bond motifs is 4. The minimum absolute atomic E-state index is 0. The molecule has 0 aromatic rings. The first-order valence-electron chi connectivity index (χ1n) is 51.8. The molecule has 792 valence electrons. The molecule has 0 saturated carbocycles. The number of aliphatic hydroxyl groups excluding tert-OH is 1. The molecule has 136 heavy (non-hydrogen) atoms. The van der Waals surface area contributed by atoms with Crippen LogP contribution >= 0.6 is 67.8 Å². The molecule has 17 nitrogen and oxygen atoms in total. The maximum absolute atomic E-state index is 11.8. The average molecular weight is 2490 g/mol. The van der Waals surface area contributed by atoms with Gasteiger partial charge < -0.3 is 120 Å². The molecule has 0 amide bonds. The van der Waals surface area contributed by atoms with Gasteiger partial charge in [0.2, 0.25) is 0 Å². The average Bonchev–Trinajstić information content (AvgIpc) is 1.07. The van der Waals surface area contributed by atoms with E-state index in [1.807, 2.05) is 19.9 Å². The van der Waals surface area contributed by atoms with Crippen LogP contribution in [-0.2, 0) is 74.0 Å². The zero-order valence-electron chi connectivity index (χ0n) is 94.2. The molecule has 8 saturated heterocycles. The van der Waals surface area contributed by atoms with Crippen LogP contribution in [0.3, 0.4) is 0 Å². The third-order valence-corrected chi connectivity index (χ3v) is 62.4. The molecule has 25 atom stereocenters. The van der Waals surface area contributed by atoms with Crippen LogP contribution in [-0.4, -0.2) is 246 Å². The standard InChI is InChI=1S/C49H93IO8Si3.C32H65IO5Si3.C17H27IO3.C4H10O.C4H9.2BrH.Li.Mg/c1-20-21-36-25-28-39-42(53-36)44(57-60(16,17)47(8,9)10)45(58-61(18,19)48(11,12)13)43(54-39)40(56-59(14,15)46(5,6)7)27-23-35(51)22-24-38-31-49(32-50)41(52-38)29-26-37(55-49)30-34(4)33(2)3;1-17-18-23-19-20-24-26(34-23)28(37-40(13,14)31(5,6)7)29(38-41(15,16)32(8,9)10)27(35-24)25(21-22-33)36-39(11,12)30(2,3)4;1-12(2)13(3)9-14-6-7-16-17(11-18,21-14)10-15(20-16)5-4-8-19;1-3-5-4-2;1-3-4-2;;;;/h23,27,34-45,51H,2,20-22,24-26,28-32H2,1,3-19H3;21-29H,17-20H2,1-16H3;8,13-16H,1,4-7,9-11H2,2-3H3;3-4H2,1-2H3;1,3-4H2,2H3;2*1H;;/q;;;;-1;;;+1;+2/p-2/b27-23+;22-21+;;;;;;;/t34-,35?,36+,37-,38+,39+,40+,41+,42+,43+,44+,45-,49-;23-,24-,25-,26-,27-,28-,29+;13-,14-,15+,16+,17-;;;;;;/m101....../s1. The van der Waals surface area contributed by atoms with Gasteiger partial charge in [-0.2, -0.15) is 6.42 Å². The number of allylic oxidation sites excluding steroid dienone is 2. The Balaban J connectivity index is 0.00000208. The Bertz CT molecular complexity index is 3460. The SMILES string of the molecule is C=C(C)[C@H](C)C[C@H]1CC[C@@H]2O[C@@H](CCC(O)/C=C/[C@H](O[Si](C)(C)C(C)(C)C)[C@@H]3O[C@H]4CC[C@H](CCC)O[C@@H]4[C@H](O[Si](C)(C)C(C)(C)C)[C@@H]3O[Si](C)(C)C(C)(C)C)C[C@]2(CI)O1.C=C(C)[C@H](C)C[C@H]1CC[C@@H]2O[C@@H](CCC=O)C[C@]2(CI)O1.CCC[C@H]1CC[C@@H]2O[C@@H]([C@H](/C=C/I)O[Si](C)(C)C(C)(C)C)[C@@H](O[Si](C)(C)C(C)(C)C)[C@@H](O[Si](C)(C)C(C)(C)C)[C@H]2O1.CCOCC.[Br-].[Br-].[CH2-]CCC.[Li+].[Mg+2]. The topological polar surface area (TPSA) is 176 Å². The Morgan fingerprint density at radius 1 is 0.456 bits per heavy atom. The molecular formula is C106H204Br2I3LiMgO17Si6. The predicted octanol–water partition coefficient (Wildman–Crippen LogP) is 20.7. The Morgan fingerprint density at radius 2 is 0.772 bits per heavy atom. The van der Waals surface area contributed by atoms with Crippen LogP contribution in [0.25, 0.3) is 0 Å². The van der Waals surface area contributed by atoms with Gasteiger partial charge in [0.25, 0.3) is 0 Å². The largest absolute Gasteiger partial charge is 2.00 e. The van der Waals surface area contributed by atoms with Gasteiger partial charge in [-0.1, -0.05) is 283 Å². The summed E-state index contributed by atoms with van der Waals surface area (Å²) in [7, 11) is -13.6. The van der Waals surface area contributed by atoms with Crippen LogP contribution in [0.1, 0.15) is 328 Å². The molecule has 8 aliphatic rings. The van der Waals surface area contributed by atoms with Crippen molar-refractivity contribution in [3.63, 3.8) is 0 Å². The monoisotopic (exact) mass is 2490 g/mol. The molecule has 0 aliphatic carbocycles. The molecule has 0 aromatic heterocycles. The number of aldehydes is 1. The number of alkyl halides is 2. The summed E-state index contributed by atoms with van der Waals surface area (Å²) in [5.41, 5.74) is 2.06. The minimum Gasteiger partial charge on any atom is -1.00 e. The van der Waals surface area contributed by atoms with Gasteiger partial charge in [0.15, 0.2) is 49.9 Å². The van der Waals surface area contributed by atoms with Crippen molar-refractivity contribution < 1.29 is 132 Å². The van der Waals surface area contributed by atoms with Crippen molar-refractivity contribution in [2.45, 2.75) is 576 Å². The smallest absolute Gasteiger partial charge is 1.00 e. The van der Waals surface area contributed by atoms with Crippen molar-refractivity contribution in [2.75, 3.05) is 22.1 Å². The number of aliphatic hydroxyl groups is 1. The van der Waals surface area contributed by atoms with Crippen molar-refractivity contribution >= 4 is 147 Å². The van der Waals surface area contributed by atoms with Gasteiger partial charge in [-0.15, -0.1) is 0 Å². The van der Waals surface area contributed by atoms with Gasteiger partial charge in [-0.3, -0.25) is 0 Å². The third kappa shape index (κ3) is 40.7. The third-order valence-electron chi connectivity index (χ3n) is 32.5. The summed E-state index contributed by atoms with van der Waals surface area (Å²) < 4.78 is 108. The van der Waals surface area contributed by atoms with E-state index in [0.717, 1.165) is 150 Å². The van der Waals surface area contributed by atoms with Gasteiger partial charge in [0.05, 0.1) is 79.4 Å². The zero-order chi connectivity index (χ0) is 101. The first-order chi connectivity index (χ1) is 60.6. The summed E-state index contributed by atoms with van der Waals surface area (Å²) in [5.74, 6) is 0.947. The molecule has 0 radical (unpaired) electrons. The van der Waals surface area contributed by atoms with Crippen molar-refractivity contribution in [3.8, 4) is 0 Å². The van der Waals surface area contributed by atoms with Crippen LogP contribution in [0.15, 0.2) is 46.6 Å². The maximum Gasteiger partial charge on any atom is 2.00 e. The number of hydrogen-bond donors (Lipinski definition) is 1. The van der Waals surface area contributed by atoms with Gasteiger partial charge in [-0.25, -0.2) is 0 Å². The quantitative estimate of drug-likeness (QED) is 0.0154. The summed E-state index contributed by atoms with van der Waals surface area (Å²) in [6.45, 7) is 102. The summed E-state index contributed by atoms with van der Waals surface area (Å²) >= 11 is 7.25. The van der Waals surface area contributed by atoms with Crippen molar-refractivity contribution in [3.05, 3.63) is 53.5 Å². The van der Waals surface area contributed by atoms with E-state index in [9.17, 15) is 9.90 Å². The van der Waals surface area contributed by atoms with E-state index in [-0.39, 0.29) is 215 Å². The summed E-state index contributed by atoms with van der Waals surface area (Å²) in [6, 6.07) is 0. The van der Waals surface area contributed by atoms with Crippen LogP contribution < -0.4 is 52.8 Å². The van der Waals surface area contributed by atoms with Gasteiger partial charge in [-0.05, 0) is 255 Å². The van der Waals surface area contributed by atoms with Crippen molar-refractivity contribution in [2.24, 2.45) is 11.8 Å². The van der Waals surface area contributed by atoms with E-state index in [1.165, 1.54) is 17.6 Å². The van der Waals surface area contributed by atoms with Crippen molar-refractivity contribution in [1.29, 1.82) is 0 Å². The Kier molecular flexibility index (Phi) is 62.1. The van der Waals surface area contributed by atoms with Crippen LogP contribution in [0.2, 0.25) is 109 Å². The number of ether oxygens (including phenoxy) is 9. The van der Waals surface area contributed by atoms with Crippen LogP contribution in [0.4, 0.5) is 0 Å². The molecule has 0 spiro atoms. The van der Waals surface area contributed by atoms with E-state index in [4.69, 9.17) is 69.2 Å². The predicted molar refractivity (Wildman–Crippen MR) is 602 cm³/mol. The molecule has 8 fully saturated rings. The number of unbranched alkanes of at least 4 members (excludes halogenated alkanes) is 1. The van der Waals surface area contributed by atoms with E-state index < -0.39 is 74.3 Å². The van der Waals surface area contributed by atoms with Crippen LogP contribution in [0.5, 0.6) is 0 Å². The maximum atomic E-state index is 11.8. The fourth-order valence-corrected chi connectivity index (χ4v) is 27.3. The summed E-state index contributed by atoms with van der Waals surface area (Å²) in [5, 5.41) is 11.9. The number of hydrogen-bond acceptors (Lipinski definition) is 17. The fraction of sp³-hybridized carbons (Fsp3) is 0.906.